The number of nitrogens with zero attached hydrogens (tertiary/aromatic N) is 1. The van der Waals surface area contributed by atoms with Crippen LogP contribution in [0.1, 0.15) is 86.1 Å². The molecular weight excluding hydrogens is 456 g/mol. The number of benzene rings is 2. The molecule has 1 aliphatic rings. The Morgan fingerprint density at radius 1 is 1.06 bits per heavy atom. The monoisotopic (exact) mass is 494 g/mol. The van der Waals surface area contributed by atoms with E-state index >= 15 is 0 Å². The number of carbonyl (C=O) groups is 3. The van der Waals surface area contributed by atoms with Crippen LogP contribution in [0, 0.1) is 0 Å². The van der Waals surface area contributed by atoms with Crippen molar-refractivity contribution in [2.45, 2.75) is 77.9 Å². The van der Waals surface area contributed by atoms with Crippen molar-refractivity contribution in [2.75, 3.05) is 18.0 Å². The maximum atomic E-state index is 13.4. The van der Waals surface area contributed by atoms with Gasteiger partial charge < -0.3 is 20.1 Å². The Kier molecular flexibility index (Phi) is 9.13. The van der Waals surface area contributed by atoms with Gasteiger partial charge in [0.2, 0.25) is 0 Å². The quantitative estimate of drug-likeness (QED) is 0.414. The number of nitrogens with one attached hydrogen (secondary N) is 1. The number of aliphatic carboxylic acids is 1. The molecule has 0 saturated carbocycles. The number of rotatable bonds is 11. The molecule has 0 aliphatic carbocycles. The molecule has 1 amide bonds. The summed E-state index contributed by atoms with van der Waals surface area (Å²) >= 11 is 0. The molecule has 1 fully saturated rings. The van der Waals surface area contributed by atoms with E-state index < -0.39 is 11.6 Å². The molecule has 1 atom stereocenters. The van der Waals surface area contributed by atoms with Crippen molar-refractivity contribution in [3.8, 4) is 5.75 Å². The highest BCUT2D eigenvalue weighted by Gasteiger charge is 2.29. The van der Waals surface area contributed by atoms with Crippen LogP contribution in [0.15, 0.2) is 42.5 Å². The number of hydrogen-bond acceptors (Lipinski definition) is 5. The third kappa shape index (κ3) is 7.09. The predicted octanol–water partition coefficient (Wildman–Crippen LogP) is 5.26. The summed E-state index contributed by atoms with van der Waals surface area (Å²) in [4.78, 5) is 39.5. The molecule has 1 saturated heterocycles. The summed E-state index contributed by atoms with van der Waals surface area (Å²) in [5.41, 5.74) is 1.68. The SMILES string of the molecule is CCCC(=O)c1ccc(N2CCCCC2)c(C(=O)NC(C)Cc2ccc(OC(C)(C)C(=O)O)cc2)c1. The highest BCUT2D eigenvalue weighted by molar-refractivity contribution is 6.04. The van der Waals surface area contributed by atoms with E-state index in [0.29, 0.717) is 29.7 Å². The van der Waals surface area contributed by atoms with Gasteiger partial charge in [0.25, 0.3) is 5.91 Å². The number of carbonyl (C=O) groups excluding carboxylic acids is 2. The minimum Gasteiger partial charge on any atom is -0.478 e. The summed E-state index contributed by atoms with van der Waals surface area (Å²) in [7, 11) is 0. The lowest BCUT2D eigenvalue weighted by atomic mass is 9.99. The lowest BCUT2D eigenvalue weighted by Gasteiger charge is -2.31. The van der Waals surface area contributed by atoms with E-state index in [1.807, 2.05) is 38.1 Å². The van der Waals surface area contributed by atoms with Gasteiger partial charge in [-0.3, -0.25) is 9.59 Å². The summed E-state index contributed by atoms with van der Waals surface area (Å²) in [5, 5.41) is 12.3. The zero-order chi connectivity index (χ0) is 26.3. The molecule has 2 aromatic carbocycles. The van der Waals surface area contributed by atoms with Crippen molar-refractivity contribution in [1.82, 2.24) is 5.32 Å². The van der Waals surface area contributed by atoms with Gasteiger partial charge in [0.1, 0.15) is 5.75 Å². The number of carboxylic acids is 1. The van der Waals surface area contributed by atoms with Crippen molar-refractivity contribution >= 4 is 23.3 Å². The summed E-state index contributed by atoms with van der Waals surface area (Å²) in [5.74, 6) is -0.689. The predicted molar refractivity (Wildman–Crippen MR) is 141 cm³/mol. The van der Waals surface area contributed by atoms with E-state index in [1.165, 1.54) is 20.3 Å². The van der Waals surface area contributed by atoms with E-state index in [4.69, 9.17) is 4.74 Å². The second-order valence-electron chi connectivity index (χ2n) is 10.1. The first-order chi connectivity index (χ1) is 17.1. The largest absolute Gasteiger partial charge is 0.478 e. The topological polar surface area (TPSA) is 95.9 Å². The molecular formula is C29H38N2O5. The molecule has 1 unspecified atom stereocenters. The normalized spacial score (nSPS) is 14.7. The van der Waals surface area contributed by atoms with Crippen LogP contribution in [0.3, 0.4) is 0 Å². The number of anilines is 1. The summed E-state index contributed by atoms with van der Waals surface area (Å²) in [6.07, 6.45) is 5.21. The van der Waals surface area contributed by atoms with Crippen LogP contribution in [-0.2, 0) is 11.2 Å². The minimum absolute atomic E-state index is 0.0539. The van der Waals surface area contributed by atoms with Crippen LogP contribution in [0.4, 0.5) is 5.69 Å². The van der Waals surface area contributed by atoms with Crippen LogP contribution in [0.25, 0.3) is 0 Å². The average Bonchev–Trinajstić information content (AvgIpc) is 2.85. The second-order valence-corrected chi connectivity index (χ2v) is 10.1. The fraction of sp³-hybridized carbons (Fsp3) is 0.483. The first kappa shape index (κ1) is 27.2. The van der Waals surface area contributed by atoms with Gasteiger partial charge in [-0.1, -0.05) is 19.1 Å². The van der Waals surface area contributed by atoms with Gasteiger partial charge in [-0.2, -0.15) is 0 Å². The third-order valence-corrected chi connectivity index (χ3v) is 6.47. The summed E-state index contributed by atoms with van der Waals surface area (Å²) in [6.45, 7) is 8.74. The van der Waals surface area contributed by atoms with E-state index in [-0.39, 0.29) is 17.7 Å². The van der Waals surface area contributed by atoms with Gasteiger partial charge >= 0.3 is 5.97 Å². The van der Waals surface area contributed by atoms with Gasteiger partial charge in [-0.25, -0.2) is 4.79 Å². The molecule has 2 aromatic rings. The molecule has 194 valence electrons. The van der Waals surface area contributed by atoms with Crippen molar-refractivity contribution in [1.29, 1.82) is 0 Å². The lowest BCUT2D eigenvalue weighted by Crippen LogP contribution is -2.38. The Bertz CT molecular complexity index is 1070. The van der Waals surface area contributed by atoms with Gasteiger partial charge in [0.15, 0.2) is 11.4 Å². The number of Topliss-reactive ketones (excluding diaryl/α,β-unsaturated/α-hetero) is 1. The first-order valence-electron chi connectivity index (χ1n) is 12.8. The third-order valence-electron chi connectivity index (χ3n) is 6.47. The fourth-order valence-electron chi connectivity index (χ4n) is 4.41. The van der Waals surface area contributed by atoms with Crippen LogP contribution < -0.4 is 15.0 Å². The minimum atomic E-state index is -1.32. The number of ether oxygens (including phenoxy) is 1. The van der Waals surface area contributed by atoms with E-state index in [0.717, 1.165) is 43.6 Å². The Hall–Kier alpha value is -3.35. The van der Waals surface area contributed by atoms with E-state index in [1.54, 1.807) is 18.2 Å². The molecule has 2 N–H and O–H groups in total. The summed E-state index contributed by atoms with van der Waals surface area (Å²) < 4.78 is 5.56. The second kappa shape index (κ2) is 12.1. The zero-order valence-electron chi connectivity index (χ0n) is 21.8. The molecule has 0 radical (unpaired) electrons. The number of carboxylic acid groups (broad SMARTS) is 1. The zero-order valence-corrected chi connectivity index (χ0v) is 21.8. The van der Waals surface area contributed by atoms with E-state index in [2.05, 4.69) is 10.2 Å². The van der Waals surface area contributed by atoms with Crippen LogP contribution >= 0.6 is 0 Å². The van der Waals surface area contributed by atoms with Crippen molar-refractivity contribution in [3.05, 3.63) is 59.2 Å². The highest BCUT2D eigenvalue weighted by Crippen LogP contribution is 2.27. The van der Waals surface area contributed by atoms with Gasteiger partial charge in [-0.15, -0.1) is 0 Å². The number of piperidine rings is 1. The van der Waals surface area contributed by atoms with Crippen LogP contribution in [0.5, 0.6) is 5.75 Å². The van der Waals surface area contributed by atoms with Crippen molar-refractivity contribution in [3.63, 3.8) is 0 Å². The maximum Gasteiger partial charge on any atom is 0.347 e. The molecule has 0 bridgehead atoms. The molecule has 1 aliphatic heterocycles. The average molecular weight is 495 g/mol. The molecule has 7 heteroatoms. The Morgan fingerprint density at radius 2 is 1.72 bits per heavy atom. The molecule has 0 spiro atoms. The Balaban J connectivity index is 1.72. The number of hydrogen-bond donors (Lipinski definition) is 2. The van der Waals surface area contributed by atoms with Gasteiger partial charge in [0.05, 0.1) is 5.56 Å². The molecule has 0 aromatic heterocycles. The van der Waals surface area contributed by atoms with Crippen molar-refractivity contribution < 1.29 is 24.2 Å². The van der Waals surface area contributed by atoms with E-state index in [9.17, 15) is 19.5 Å². The number of ketones is 1. The highest BCUT2D eigenvalue weighted by atomic mass is 16.5. The first-order valence-corrected chi connectivity index (χ1v) is 12.8. The van der Waals surface area contributed by atoms with Crippen LogP contribution in [0.2, 0.25) is 0 Å². The molecule has 7 nitrogen and oxygen atoms in total. The molecule has 1 heterocycles. The molecule has 3 rings (SSSR count). The van der Waals surface area contributed by atoms with Crippen LogP contribution in [-0.4, -0.2) is 47.5 Å². The molecule has 36 heavy (non-hydrogen) atoms. The van der Waals surface area contributed by atoms with Gasteiger partial charge in [-0.05, 0) is 88.8 Å². The maximum absolute atomic E-state index is 13.4. The van der Waals surface area contributed by atoms with Crippen molar-refractivity contribution in [2.24, 2.45) is 0 Å². The fourth-order valence-corrected chi connectivity index (χ4v) is 4.41. The Labute approximate surface area is 213 Å². The lowest BCUT2D eigenvalue weighted by molar-refractivity contribution is -0.152. The number of amides is 1. The summed E-state index contributed by atoms with van der Waals surface area (Å²) in [6, 6.07) is 12.6. The standard InChI is InChI=1S/C29H38N2O5/c1-5-9-26(32)22-12-15-25(31-16-7-6-8-17-31)24(19-22)27(33)30-20(2)18-21-10-13-23(14-11-21)36-29(3,4)28(34)35/h10-15,19-20H,5-9,16-18H2,1-4H3,(H,30,33)(H,34,35). The van der Waals surface area contributed by atoms with Gasteiger partial charge in [0, 0.05) is 36.8 Å². The smallest absolute Gasteiger partial charge is 0.347 e. The Morgan fingerprint density at radius 3 is 2.33 bits per heavy atom.